The molecule has 0 bridgehead atoms. The lowest BCUT2D eigenvalue weighted by Crippen LogP contribution is -2.47. The zero-order valence-corrected chi connectivity index (χ0v) is 15.0. The van der Waals surface area contributed by atoms with Gasteiger partial charge in [0, 0.05) is 19.1 Å². The summed E-state index contributed by atoms with van der Waals surface area (Å²) in [4.78, 5) is 11.8. The molecule has 130 valence electrons. The molecule has 1 fully saturated rings. The highest BCUT2D eigenvalue weighted by atomic mass is 35.5. The first-order chi connectivity index (χ1) is 10.4. The molecule has 1 unspecified atom stereocenters. The molecule has 2 rings (SSSR count). The van der Waals surface area contributed by atoms with E-state index in [0.717, 1.165) is 19.3 Å². The number of hydrogen-bond acceptors (Lipinski definition) is 5. The molecule has 23 heavy (non-hydrogen) atoms. The highest BCUT2D eigenvalue weighted by molar-refractivity contribution is 7.89. The maximum Gasteiger partial charge on any atom is 0.337 e. The van der Waals surface area contributed by atoms with Crippen LogP contribution in [0.1, 0.15) is 35.2 Å². The van der Waals surface area contributed by atoms with Crippen molar-refractivity contribution in [2.45, 2.75) is 37.1 Å². The second-order valence-electron chi connectivity index (χ2n) is 5.47. The van der Waals surface area contributed by atoms with E-state index in [1.807, 2.05) is 0 Å². The van der Waals surface area contributed by atoms with Crippen LogP contribution in [-0.4, -0.2) is 44.9 Å². The molecule has 0 aliphatic carbocycles. The van der Waals surface area contributed by atoms with E-state index in [1.165, 1.54) is 23.5 Å². The topological polar surface area (TPSA) is 89.7 Å². The van der Waals surface area contributed by atoms with Crippen LogP contribution in [0, 0.1) is 6.92 Å². The number of piperidine rings is 1. The van der Waals surface area contributed by atoms with E-state index in [-0.39, 0.29) is 23.3 Å². The molecule has 1 aromatic rings. The molecule has 6 nitrogen and oxygen atoms in total. The molecule has 1 atom stereocenters. The van der Waals surface area contributed by atoms with Crippen molar-refractivity contribution in [1.29, 1.82) is 0 Å². The SMILES string of the molecule is COC(=O)c1ccc(S(=O)(=O)N2CCCCC2CN)c(C)c1.Cl. The molecular formula is C15H23ClN2O4S. The van der Waals surface area contributed by atoms with Gasteiger partial charge in [-0.3, -0.25) is 0 Å². The van der Waals surface area contributed by atoms with Crippen molar-refractivity contribution in [2.75, 3.05) is 20.2 Å². The van der Waals surface area contributed by atoms with E-state index in [0.29, 0.717) is 24.2 Å². The van der Waals surface area contributed by atoms with E-state index in [2.05, 4.69) is 4.74 Å². The Morgan fingerprint density at radius 1 is 1.39 bits per heavy atom. The maximum atomic E-state index is 12.9. The summed E-state index contributed by atoms with van der Waals surface area (Å²) >= 11 is 0. The second kappa shape index (κ2) is 8.10. The molecule has 0 spiro atoms. The number of carbonyl (C=O) groups excluding carboxylic acids is 1. The van der Waals surface area contributed by atoms with Gasteiger partial charge in [-0.15, -0.1) is 12.4 Å². The van der Waals surface area contributed by atoms with Crippen molar-refractivity contribution in [3.63, 3.8) is 0 Å². The Bertz CT molecular complexity index is 663. The van der Waals surface area contributed by atoms with Crippen LogP contribution in [0.4, 0.5) is 0 Å². The summed E-state index contributed by atoms with van der Waals surface area (Å²) in [5.41, 5.74) is 6.59. The number of rotatable bonds is 4. The number of carbonyl (C=O) groups is 1. The molecular weight excluding hydrogens is 340 g/mol. The number of halogens is 1. The van der Waals surface area contributed by atoms with Gasteiger partial charge < -0.3 is 10.5 Å². The first-order valence-electron chi connectivity index (χ1n) is 7.32. The summed E-state index contributed by atoms with van der Waals surface area (Å²) in [5, 5.41) is 0. The Kier molecular flexibility index (Phi) is 7.01. The number of benzene rings is 1. The number of nitrogens with two attached hydrogens (primary N) is 1. The summed E-state index contributed by atoms with van der Waals surface area (Å²) < 4.78 is 31.9. The van der Waals surface area contributed by atoms with Gasteiger partial charge in [-0.05, 0) is 43.5 Å². The first-order valence-corrected chi connectivity index (χ1v) is 8.76. The van der Waals surface area contributed by atoms with E-state index >= 15 is 0 Å². The van der Waals surface area contributed by atoms with Crippen LogP contribution >= 0.6 is 12.4 Å². The van der Waals surface area contributed by atoms with Crippen LogP contribution < -0.4 is 5.73 Å². The standard InChI is InChI=1S/C15H22N2O4S.ClH/c1-11-9-12(15(18)21-2)6-7-14(11)22(19,20)17-8-4-3-5-13(17)10-16;/h6-7,9,13H,3-5,8,10,16H2,1-2H3;1H. The molecule has 1 aliphatic rings. The van der Waals surface area contributed by atoms with Gasteiger partial charge in [-0.1, -0.05) is 6.42 Å². The Morgan fingerprint density at radius 3 is 2.65 bits per heavy atom. The maximum absolute atomic E-state index is 12.9. The van der Waals surface area contributed by atoms with E-state index < -0.39 is 16.0 Å². The Labute approximate surface area is 143 Å². The molecule has 1 heterocycles. The third-order valence-electron chi connectivity index (χ3n) is 4.03. The molecule has 0 amide bonds. The molecule has 1 aliphatic heterocycles. The van der Waals surface area contributed by atoms with Gasteiger partial charge >= 0.3 is 5.97 Å². The number of aryl methyl sites for hydroxylation is 1. The molecule has 1 saturated heterocycles. The van der Waals surface area contributed by atoms with Gasteiger partial charge in [0.05, 0.1) is 17.6 Å². The fraction of sp³-hybridized carbons (Fsp3) is 0.533. The minimum Gasteiger partial charge on any atom is -0.465 e. The van der Waals surface area contributed by atoms with Gasteiger partial charge in [-0.25, -0.2) is 13.2 Å². The average Bonchev–Trinajstić information content (AvgIpc) is 2.53. The lowest BCUT2D eigenvalue weighted by atomic mass is 10.1. The molecule has 0 radical (unpaired) electrons. The van der Waals surface area contributed by atoms with E-state index in [9.17, 15) is 13.2 Å². The number of hydrogen-bond donors (Lipinski definition) is 1. The minimum absolute atomic E-state index is 0. The predicted molar refractivity (Wildman–Crippen MR) is 90.4 cm³/mol. The first kappa shape index (κ1) is 19.9. The van der Waals surface area contributed by atoms with Gasteiger partial charge in [0.25, 0.3) is 0 Å². The monoisotopic (exact) mass is 362 g/mol. The number of sulfonamides is 1. The zero-order chi connectivity index (χ0) is 16.3. The van der Waals surface area contributed by atoms with Crippen LogP contribution in [-0.2, 0) is 14.8 Å². The summed E-state index contributed by atoms with van der Waals surface area (Å²) in [6.45, 7) is 2.49. The zero-order valence-electron chi connectivity index (χ0n) is 13.3. The number of ether oxygens (including phenoxy) is 1. The Hall–Kier alpha value is -1.15. The second-order valence-corrected chi connectivity index (χ2v) is 7.33. The van der Waals surface area contributed by atoms with Gasteiger partial charge in [0.1, 0.15) is 0 Å². The fourth-order valence-corrected chi connectivity index (χ4v) is 4.75. The van der Waals surface area contributed by atoms with E-state index in [4.69, 9.17) is 5.73 Å². The number of esters is 1. The summed E-state index contributed by atoms with van der Waals surface area (Å²) in [5.74, 6) is -0.482. The smallest absolute Gasteiger partial charge is 0.337 e. The lowest BCUT2D eigenvalue weighted by molar-refractivity contribution is 0.0600. The van der Waals surface area contributed by atoms with Crippen LogP contribution in [0.15, 0.2) is 23.1 Å². The van der Waals surface area contributed by atoms with E-state index in [1.54, 1.807) is 13.0 Å². The highest BCUT2D eigenvalue weighted by Gasteiger charge is 2.33. The Morgan fingerprint density at radius 2 is 2.09 bits per heavy atom. The van der Waals surface area contributed by atoms with Crippen LogP contribution in [0.2, 0.25) is 0 Å². The summed E-state index contributed by atoms with van der Waals surface area (Å²) in [7, 11) is -2.31. The van der Waals surface area contributed by atoms with Gasteiger partial charge in [-0.2, -0.15) is 4.31 Å². The molecule has 8 heteroatoms. The Balaban J connectivity index is 0.00000264. The number of methoxy groups -OCH3 is 1. The van der Waals surface area contributed by atoms with Crippen LogP contribution in [0.3, 0.4) is 0 Å². The van der Waals surface area contributed by atoms with Crippen molar-refractivity contribution < 1.29 is 17.9 Å². The van der Waals surface area contributed by atoms with Crippen molar-refractivity contribution in [3.05, 3.63) is 29.3 Å². The predicted octanol–water partition coefficient (Wildman–Crippen LogP) is 1.71. The van der Waals surface area contributed by atoms with Crippen LogP contribution in [0.25, 0.3) is 0 Å². The highest BCUT2D eigenvalue weighted by Crippen LogP contribution is 2.27. The molecule has 2 N–H and O–H groups in total. The van der Waals surface area contributed by atoms with Crippen molar-refractivity contribution in [1.82, 2.24) is 4.31 Å². The number of nitrogens with zero attached hydrogens (tertiary/aromatic N) is 1. The van der Waals surface area contributed by atoms with Crippen LogP contribution in [0.5, 0.6) is 0 Å². The largest absolute Gasteiger partial charge is 0.465 e. The minimum atomic E-state index is -3.60. The quantitative estimate of drug-likeness (QED) is 0.823. The van der Waals surface area contributed by atoms with Gasteiger partial charge in [0.2, 0.25) is 10.0 Å². The fourth-order valence-electron chi connectivity index (χ4n) is 2.84. The molecule has 1 aromatic carbocycles. The van der Waals surface area contributed by atoms with Crippen molar-refractivity contribution in [2.24, 2.45) is 5.73 Å². The van der Waals surface area contributed by atoms with Crippen molar-refractivity contribution >= 4 is 28.4 Å². The average molecular weight is 363 g/mol. The lowest BCUT2D eigenvalue weighted by Gasteiger charge is -2.34. The van der Waals surface area contributed by atoms with Crippen molar-refractivity contribution in [3.8, 4) is 0 Å². The molecule has 0 aromatic heterocycles. The third-order valence-corrected chi connectivity index (χ3v) is 6.14. The summed E-state index contributed by atoms with van der Waals surface area (Å²) in [6, 6.07) is 4.34. The summed E-state index contributed by atoms with van der Waals surface area (Å²) in [6.07, 6.45) is 2.62. The third kappa shape index (κ3) is 4.03. The van der Waals surface area contributed by atoms with Gasteiger partial charge in [0.15, 0.2) is 0 Å². The molecule has 0 saturated carbocycles. The normalized spacial score (nSPS) is 19.0.